The van der Waals surface area contributed by atoms with Crippen LogP contribution in [0.25, 0.3) is 11.1 Å². The van der Waals surface area contributed by atoms with E-state index in [1.807, 2.05) is 42.5 Å². The van der Waals surface area contributed by atoms with Gasteiger partial charge >= 0.3 is 0 Å². The van der Waals surface area contributed by atoms with Crippen LogP contribution in [0, 0.1) is 10.1 Å². The number of non-ortho nitro benzene ring substituents is 1. The molecule has 3 aromatic carbocycles. The lowest BCUT2D eigenvalue weighted by molar-refractivity contribution is -0.385. The molecule has 0 aliphatic carbocycles. The molecule has 0 atom stereocenters. The number of rotatable bonds is 7. The van der Waals surface area contributed by atoms with E-state index in [1.54, 1.807) is 12.1 Å². The fourth-order valence-corrected chi connectivity index (χ4v) is 4.38. The number of para-hydroxylation sites is 1. The summed E-state index contributed by atoms with van der Waals surface area (Å²) < 4.78 is 27.9. The summed E-state index contributed by atoms with van der Waals surface area (Å²) in [5.74, 6) is 0. The number of nitrogens with zero attached hydrogens (tertiary/aromatic N) is 2. The predicted octanol–water partition coefficient (Wildman–Crippen LogP) is 4.64. The van der Waals surface area contributed by atoms with Crippen LogP contribution >= 0.6 is 0 Å². The second-order valence-corrected chi connectivity index (χ2v) is 7.82. The van der Waals surface area contributed by atoms with Crippen molar-refractivity contribution in [2.45, 2.75) is 4.90 Å². The molecule has 0 aromatic heterocycles. The van der Waals surface area contributed by atoms with Crippen LogP contribution in [0.4, 0.5) is 11.4 Å². The molecule has 0 aliphatic rings. The van der Waals surface area contributed by atoms with Gasteiger partial charge in [-0.05, 0) is 17.7 Å². The van der Waals surface area contributed by atoms with Crippen LogP contribution in [-0.2, 0) is 10.0 Å². The molecule has 7 heteroatoms. The summed E-state index contributed by atoms with van der Waals surface area (Å²) in [6.07, 6.45) is 1.48. The van der Waals surface area contributed by atoms with Crippen LogP contribution in [-0.4, -0.2) is 19.9 Å². The standard InChI is InChI=1S/C21H18N2O4S/c1-2-15-22(28(26,27)19-12-8-11-18(16-19)23(24)25)21-14-7-6-13-20(21)17-9-4-3-5-10-17/h2-14,16H,1,15H2. The van der Waals surface area contributed by atoms with Gasteiger partial charge in [0, 0.05) is 17.7 Å². The minimum atomic E-state index is -4.05. The summed E-state index contributed by atoms with van der Waals surface area (Å²) in [5.41, 5.74) is 1.79. The third-order valence-corrected chi connectivity index (χ3v) is 5.94. The van der Waals surface area contributed by atoms with Crippen molar-refractivity contribution in [3.8, 4) is 11.1 Å². The van der Waals surface area contributed by atoms with E-state index in [0.717, 1.165) is 17.2 Å². The van der Waals surface area contributed by atoms with E-state index in [9.17, 15) is 18.5 Å². The number of benzene rings is 3. The van der Waals surface area contributed by atoms with Crippen molar-refractivity contribution in [2.24, 2.45) is 0 Å². The highest BCUT2D eigenvalue weighted by Crippen LogP contribution is 2.34. The maximum Gasteiger partial charge on any atom is 0.270 e. The second-order valence-electron chi connectivity index (χ2n) is 5.96. The van der Waals surface area contributed by atoms with E-state index < -0.39 is 14.9 Å². The summed E-state index contributed by atoms with van der Waals surface area (Å²) >= 11 is 0. The lowest BCUT2D eigenvalue weighted by Gasteiger charge is -2.25. The molecule has 0 radical (unpaired) electrons. The number of nitro benzene ring substituents is 1. The highest BCUT2D eigenvalue weighted by Gasteiger charge is 2.27. The summed E-state index contributed by atoms with van der Waals surface area (Å²) in [7, 11) is -4.05. The SMILES string of the molecule is C=CCN(c1ccccc1-c1ccccc1)S(=O)(=O)c1cccc([N+](=O)[O-])c1. The first-order valence-electron chi connectivity index (χ1n) is 8.47. The van der Waals surface area contributed by atoms with Gasteiger partial charge in [-0.25, -0.2) is 8.42 Å². The topological polar surface area (TPSA) is 80.5 Å². The van der Waals surface area contributed by atoms with Gasteiger partial charge in [-0.2, -0.15) is 0 Å². The van der Waals surface area contributed by atoms with Gasteiger partial charge in [-0.15, -0.1) is 6.58 Å². The van der Waals surface area contributed by atoms with Gasteiger partial charge in [-0.1, -0.05) is 60.7 Å². The zero-order chi connectivity index (χ0) is 20.1. The third-order valence-electron chi connectivity index (χ3n) is 4.17. The molecule has 0 unspecified atom stereocenters. The van der Waals surface area contributed by atoms with Gasteiger partial charge in [0.1, 0.15) is 0 Å². The molecule has 28 heavy (non-hydrogen) atoms. The first-order chi connectivity index (χ1) is 13.4. The van der Waals surface area contributed by atoms with E-state index in [-0.39, 0.29) is 17.1 Å². The summed E-state index contributed by atoms with van der Waals surface area (Å²) in [6.45, 7) is 3.69. The van der Waals surface area contributed by atoms with Crippen molar-refractivity contribution in [1.82, 2.24) is 0 Å². The first kappa shape index (κ1) is 19.3. The molecule has 0 fully saturated rings. The Bertz CT molecular complexity index is 1110. The van der Waals surface area contributed by atoms with E-state index >= 15 is 0 Å². The fourth-order valence-electron chi connectivity index (χ4n) is 2.88. The smallest absolute Gasteiger partial charge is 0.262 e. The average molecular weight is 394 g/mol. The monoisotopic (exact) mass is 394 g/mol. The van der Waals surface area contributed by atoms with Crippen LogP contribution in [0.5, 0.6) is 0 Å². The van der Waals surface area contributed by atoms with Crippen molar-refractivity contribution in [2.75, 3.05) is 10.8 Å². The number of anilines is 1. The molecule has 6 nitrogen and oxygen atoms in total. The molecule has 3 aromatic rings. The number of hydrogen-bond donors (Lipinski definition) is 0. The van der Waals surface area contributed by atoms with Gasteiger partial charge in [0.05, 0.1) is 22.1 Å². The lowest BCUT2D eigenvalue weighted by Crippen LogP contribution is -2.31. The maximum absolute atomic E-state index is 13.3. The van der Waals surface area contributed by atoms with E-state index in [4.69, 9.17) is 0 Å². The second kappa shape index (κ2) is 8.06. The molecule has 0 saturated carbocycles. The van der Waals surface area contributed by atoms with Crippen molar-refractivity contribution in [3.05, 3.63) is 102 Å². The fraction of sp³-hybridized carbons (Fsp3) is 0.0476. The van der Waals surface area contributed by atoms with Gasteiger partial charge < -0.3 is 0 Å². The molecule has 0 saturated heterocycles. The molecule has 142 valence electrons. The molecule has 0 heterocycles. The van der Waals surface area contributed by atoms with Crippen molar-refractivity contribution in [1.29, 1.82) is 0 Å². The first-order valence-corrected chi connectivity index (χ1v) is 9.91. The van der Waals surface area contributed by atoms with Gasteiger partial charge in [0.2, 0.25) is 0 Å². The van der Waals surface area contributed by atoms with Crippen LogP contribution in [0.2, 0.25) is 0 Å². The molecular weight excluding hydrogens is 376 g/mol. The Hall–Kier alpha value is -3.45. The molecule has 0 N–H and O–H groups in total. The van der Waals surface area contributed by atoms with E-state index in [2.05, 4.69) is 6.58 Å². The third kappa shape index (κ3) is 3.79. The van der Waals surface area contributed by atoms with Crippen LogP contribution < -0.4 is 4.31 Å². The van der Waals surface area contributed by atoms with E-state index in [0.29, 0.717) is 5.69 Å². The van der Waals surface area contributed by atoms with Crippen molar-refractivity contribution >= 4 is 21.4 Å². The zero-order valence-electron chi connectivity index (χ0n) is 14.9. The van der Waals surface area contributed by atoms with Gasteiger partial charge in [0.25, 0.3) is 15.7 Å². The van der Waals surface area contributed by atoms with Crippen LogP contribution in [0.15, 0.2) is 96.4 Å². The Morgan fingerprint density at radius 1 is 0.964 bits per heavy atom. The molecule has 0 spiro atoms. The highest BCUT2D eigenvalue weighted by atomic mass is 32.2. The quantitative estimate of drug-likeness (QED) is 0.332. The Labute approximate surface area is 163 Å². The Morgan fingerprint density at radius 2 is 1.64 bits per heavy atom. The maximum atomic E-state index is 13.3. The summed E-state index contributed by atoms with van der Waals surface area (Å²) in [6, 6.07) is 21.6. The molecular formula is C21H18N2O4S. The molecule has 3 rings (SSSR count). The lowest BCUT2D eigenvalue weighted by atomic mass is 10.0. The Morgan fingerprint density at radius 3 is 2.32 bits per heavy atom. The van der Waals surface area contributed by atoms with Gasteiger partial charge in [-0.3, -0.25) is 14.4 Å². The predicted molar refractivity (Wildman–Crippen MR) is 110 cm³/mol. The van der Waals surface area contributed by atoms with Crippen molar-refractivity contribution < 1.29 is 13.3 Å². The Kier molecular flexibility index (Phi) is 5.56. The number of hydrogen-bond acceptors (Lipinski definition) is 4. The normalized spacial score (nSPS) is 11.0. The Balaban J connectivity index is 2.17. The van der Waals surface area contributed by atoms with Crippen LogP contribution in [0.1, 0.15) is 0 Å². The van der Waals surface area contributed by atoms with Crippen molar-refractivity contribution in [3.63, 3.8) is 0 Å². The number of nitro groups is 1. The van der Waals surface area contributed by atoms with Crippen LogP contribution in [0.3, 0.4) is 0 Å². The molecule has 0 amide bonds. The van der Waals surface area contributed by atoms with E-state index in [1.165, 1.54) is 28.6 Å². The minimum absolute atomic E-state index is 0.0227. The molecule has 0 bridgehead atoms. The average Bonchev–Trinajstić information content (AvgIpc) is 2.72. The largest absolute Gasteiger partial charge is 0.270 e. The summed E-state index contributed by atoms with van der Waals surface area (Å²) in [5, 5.41) is 11.1. The summed E-state index contributed by atoms with van der Waals surface area (Å²) in [4.78, 5) is 10.3. The van der Waals surface area contributed by atoms with Gasteiger partial charge in [0.15, 0.2) is 0 Å². The number of sulfonamides is 1. The molecule has 0 aliphatic heterocycles. The minimum Gasteiger partial charge on any atom is -0.262 e. The zero-order valence-corrected chi connectivity index (χ0v) is 15.7. The highest BCUT2D eigenvalue weighted by molar-refractivity contribution is 7.92.